The first-order valence-corrected chi connectivity index (χ1v) is 8.60. The summed E-state index contributed by atoms with van der Waals surface area (Å²) in [6, 6.07) is 6.90. The third kappa shape index (κ3) is 5.60. The maximum absolute atomic E-state index is 12.1. The molecule has 0 aliphatic heterocycles. The van der Waals surface area contributed by atoms with E-state index in [-0.39, 0.29) is 12.5 Å². The van der Waals surface area contributed by atoms with E-state index in [0.717, 1.165) is 11.1 Å². The van der Waals surface area contributed by atoms with Crippen LogP contribution in [0.1, 0.15) is 15.9 Å². The van der Waals surface area contributed by atoms with E-state index in [0.29, 0.717) is 22.9 Å². The van der Waals surface area contributed by atoms with Crippen LogP contribution >= 0.6 is 0 Å². The van der Waals surface area contributed by atoms with Crippen LogP contribution in [0.4, 0.5) is 5.95 Å². The predicted molar refractivity (Wildman–Crippen MR) is 108 cm³/mol. The van der Waals surface area contributed by atoms with Gasteiger partial charge in [-0.05, 0) is 24.6 Å². The van der Waals surface area contributed by atoms with Crippen LogP contribution in [0.15, 0.2) is 47.4 Å². The van der Waals surface area contributed by atoms with Gasteiger partial charge in [-0.3, -0.25) is 9.79 Å². The number of aryl methyl sites for hydroxylation is 1. The molecule has 9 heteroatoms. The van der Waals surface area contributed by atoms with Gasteiger partial charge in [0.15, 0.2) is 0 Å². The molecule has 0 bridgehead atoms. The van der Waals surface area contributed by atoms with Crippen LogP contribution in [-0.4, -0.2) is 58.6 Å². The molecule has 1 aromatic heterocycles. The molecule has 1 atom stereocenters. The maximum atomic E-state index is 12.1. The van der Waals surface area contributed by atoms with Gasteiger partial charge in [-0.25, -0.2) is 9.97 Å². The van der Waals surface area contributed by atoms with Crippen molar-refractivity contribution in [2.24, 2.45) is 10.7 Å². The van der Waals surface area contributed by atoms with E-state index in [2.05, 4.69) is 25.6 Å². The first-order valence-electron chi connectivity index (χ1n) is 8.60. The van der Waals surface area contributed by atoms with Crippen molar-refractivity contribution in [2.45, 2.75) is 13.0 Å². The third-order valence-electron chi connectivity index (χ3n) is 3.81. The molecule has 1 aromatic carbocycles. The first-order chi connectivity index (χ1) is 13.5. The highest BCUT2D eigenvalue weighted by atomic mass is 16.3. The van der Waals surface area contributed by atoms with Crippen molar-refractivity contribution >= 4 is 18.1 Å². The lowest BCUT2D eigenvalue weighted by Crippen LogP contribution is -2.33. The number of hydrogen-bond acceptors (Lipinski definition) is 8. The number of hydrogen-bond donors (Lipinski definition) is 5. The number of nitrogens with one attached hydrogen (secondary N) is 2. The van der Waals surface area contributed by atoms with Crippen LogP contribution in [0, 0.1) is 6.92 Å². The number of allylic oxidation sites excluding steroid dienone is 1. The highest BCUT2D eigenvalue weighted by Crippen LogP contribution is 2.22. The van der Waals surface area contributed by atoms with E-state index in [9.17, 15) is 9.90 Å². The molecule has 0 saturated heterocycles. The minimum atomic E-state index is -0.983. The highest BCUT2D eigenvalue weighted by Gasteiger charge is 2.11. The summed E-state index contributed by atoms with van der Waals surface area (Å²) in [5.41, 5.74) is 8.95. The van der Waals surface area contributed by atoms with Crippen LogP contribution in [0.2, 0.25) is 0 Å². The number of carbonyl (C=O) groups excluding carboxylic acids is 1. The molecule has 0 radical (unpaired) electrons. The molecule has 0 aliphatic rings. The number of rotatable bonds is 8. The second-order valence-corrected chi connectivity index (χ2v) is 5.98. The average molecular weight is 384 g/mol. The zero-order valence-electron chi connectivity index (χ0n) is 15.8. The second-order valence-electron chi connectivity index (χ2n) is 5.98. The Kier molecular flexibility index (Phi) is 7.61. The molecule has 6 N–H and O–H groups in total. The van der Waals surface area contributed by atoms with Gasteiger partial charge in [0.05, 0.1) is 24.1 Å². The molecule has 9 nitrogen and oxygen atoms in total. The van der Waals surface area contributed by atoms with E-state index >= 15 is 0 Å². The van der Waals surface area contributed by atoms with Crippen LogP contribution in [0.3, 0.4) is 0 Å². The molecule has 2 rings (SSSR count). The fraction of sp³-hybridized carbons (Fsp3) is 0.263. The third-order valence-corrected chi connectivity index (χ3v) is 3.81. The molecule has 1 unspecified atom stereocenters. The number of aliphatic hydroxyl groups excluding tert-OH is 2. The zero-order valence-corrected chi connectivity index (χ0v) is 15.8. The summed E-state index contributed by atoms with van der Waals surface area (Å²) >= 11 is 0. The van der Waals surface area contributed by atoms with Crippen molar-refractivity contribution in [3.63, 3.8) is 0 Å². The van der Waals surface area contributed by atoms with E-state index in [1.807, 2.05) is 6.92 Å². The second kappa shape index (κ2) is 10.1. The number of aliphatic imine (C=N–C) groups is 1. The quantitative estimate of drug-likeness (QED) is 0.415. The fourth-order valence-corrected chi connectivity index (χ4v) is 2.34. The summed E-state index contributed by atoms with van der Waals surface area (Å²) in [7, 11) is 1.63. The Balaban J connectivity index is 2.18. The van der Waals surface area contributed by atoms with Crippen molar-refractivity contribution in [3.05, 3.63) is 53.5 Å². The lowest BCUT2D eigenvalue weighted by atomic mass is 10.1. The number of nitrogens with zero attached hydrogens (tertiary/aromatic N) is 3. The number of aromatic nitrogens is 2. The summed E-state index contributed by atoms with van der Waals surface area (Å²) in [6.45, 7) is 1.46. The normalized spacial score (nSPS) is 12.8. The molecule has 0 fully saturated rings. The van der Waals surface area contributed by atoms with Gasteiger partial charge < -0.3 is 26.6 Å². The number of anilines is 1. The molecule has 2 aromatic rings. The van der Waals surface area contributed by atoms with Crippen LogP contribution in [0.25, 0.3) is 11.3 Å². The number of aliphatic hydroxyl groups is 2. The van der Waals surface area contributed by atoms with E-state index in [1.54, 1.807) is 43.7 Å². The molecule has 148 valence electrons. The predicted octanol–water partition coefficient (Wildman–Crippen LogP) is 0.448. The van der Waals surface area contributed by atoms with Crippen LogP contribution in [0.5, 0.6) is 0 Å². The van der Waals surface area contributed by atoms with E-state index < -0.39 is 12.7 Å². The summed E-state index contributed by atoms with van der Waals surface area (Å²) in [4.78, 5) is 24.7. The molecule has 0 saturated carbocycles. The topological polar surface area (TPSA) is 146 Å². The highest BCUT2D eigenvalue weighted by molar-refractivity contribution is 5.94. The summed E-state index contributed by atoms with van der Waals surface area (Å²) < 4.78 is 0. The molecule has 0 aliphatic carbocycles. The Morgan fingerprint density at radius 1 is 1.36 bits per heavy atom. The minimum absolute atomic E-state index is 0.0187. The van der Waals surface area contributed by atoms with E-state index in [1.165, 1.54) is 6.20 Å². The Labute approximate surface area is 163 Å². The number of nitrogens with two attached hydrogens (primary N) is 1. The minimum Gasteiger partial charge on any atom is -0.403 e. The lowest BCUT2D eigenvalue weighted by Gasteiger charge is -2.11. The summed E-state index contributed by atoms with van der Waals surface area (Å²) in [5, 5.41) is 23.6. The smallest absolute Gasteiger partial charge is 0.251 e. The van der Waals surface area contributed by atoms with Gasteiger partial charge in [0.1, 0.15) is 0 Å². The van der Waals surface area contributed by atoms with Gasteiger partial charge in [0.2, 0.25) is 5.95 Å². The van der Waals surface area contributed by atoms with Gasteiger partial charge in [-0.2, -0.15) is 0 Å². The van der Waals surface area contributed by atoms with Crippen molar-refractivity contribution in [1.82, 2.24) is 15.3 Å². The molecular weight excluding hydrogens is 360 g/mol. The van der Waals surface area contributed by atoms with E-state index in [4.69, 9.17) is 10.8 Å². The van der Waals surface area contributed by atoms with Crippen molar-refractivity contribution in [1.29, 1.82) is 0 Å². The number of amides is 1. The molecular formula is C19H24N6O3. The zero-order chi connectivity index (χ0) is 20.5. The first kappa shape index (κ1) is 21.0. The maximum Gasteiger partial charge on any atom is 0.251 e. The average Bonchev–Trinajstić information content (AvgIpc) is 2.72. The molecule has 0 spiro atoms. The number of carbonyl (C=O) groups is 1. The Hall–Kier alpha value is -3.30. The van der Waals surface area contributed by atoms with Gasteiger partial charge >= 0.3 is 0 Å². The monoisotopic (exact) mass is 384 g/mol. The summed E-state index contributed by atoms with van der Waals surface area (Å²) in [5.74, 6) is 0.0365. The molecule has 1 amide bonds. The SMILES string of the molecule is CN=C/C(=C\N)Nc1ncc(C)c(-c2ccc(C(=O)NCC(O)CO)cc2)n1. The Bertz CT molecular complexity index is 864. The van der Waals surface area contributed by atoms with Crippen LogP contribution in [-0.2, 0) is 0 Å². The summed E-state index contributed by atoms with van der Waals surface area (Å²) in [6.07, 6.45) is 3.64. The fourth-order valence-electron chi connectivity index (χ4n) is 2.34. The van der Waals surface area contributed by atoms with Crippen molar-refractivity contribution in [3.8, 4) is 11.3 Å². The lowest BCUT2D eigenvalue weighted by molar-refractivity contribution is 0.0802. The Morgan fingerprint density at radius 2 is 2.07 bits per heavy atom. The Morgan fingerprint density at radius 3 is 2.68 bits per heavy atom. The van der Waals surface area contributed by atoms with Gasteiger partial charge in [-0.15, -0.1) is 0 Å². The number of benzene rings is 1. The van der Waals surface area contributed by atoms with Gasteiger partial charge in [0, 0.05) is 43.3 Å². The van der Waals surface area contributed by atoms with Crippen molar-refractivity contribution < 1.29 is 15.0 Å². The molecule has 1 heterocycles. The van der Waals surface area contributed by atoms with Gasteiger partial charge in [0.25, 0.3) is 5.91 Å². The largest absolute Gasteiger partial charge is 0.403 e. The van der Waals surface area contributed by atoms with Crippen molar-refractivity contribution in [2.75, 3.05) is 25.5 Å². The molecule has 28 heavy (non-hydrogen) atoms. The van der Waals surface area contributed by atoms with Gasteiger partial charge in [-0.1, -0.05) is 12.1 Å². The van der Waals surface area contributed by atoms with Crippen LogP contribution < -0.4 is 16.4 Å². The standard InChI is InChI=1S/C19H24N6O3/c1-12-8-23-19(24-15(7-20)9-21-2)25-17(12)13-3-5-14(6-4-13)18(28)22-10-16(27)11-26/h3-9,16,26-27H,10-11,20H2,1-2H3,(H,22,28)(H,23,24,25)/b15-7+,21-9?.